The van der Waals surface area contributed by atoms with Gasteiger partial charge in [-0.15, -0.1) is 11.8 Å². The molecule has 1 aliphatic heterocycles. The predicted molar refractivity (Wildman–Crippen MR) is 105 cm³/mol. The van der Waals surface area contributed by atoms with E-state index >= 15 is 0 Å². The molecule has 0 saturated carbocycles. The molecule has 1 heterocycles. The lowest BCUT2D eigenvalue weighted by molar-refractivity contribution is -0.137. The number of benzene rings is 2. The standard InChI is InChI=1S/C18H20N4O3S/c23-16(24)12-18(21-14-8-4-5-9-15(14)22-18)26-11-10-19-17(25)20-13-6-2-1-3-7-13/h1-9,21-22H,10-12H2,(H,23,24)(H2,19,20,25). The van der Waals surface area contributed by atoms with Crippen molar-refractivity contribution in [2.75, 3.05) is 28.2 Å². The molecule has 2 aromatic rings. The number of anilines is 3. The number of carbonyl (C=O) groups excluding carboxylic acids is 1. The van der Waals surface area contributed by atoms with Gasteiger partial charge in [0.05, 0.1) is 17.8 Å². The van der Waals surface area contributed by atoms with Crippen molar-refractivity contribution in [1.82, 2.24) is 5.32 Å². The Labute approximate surface area is 155 Å². The summed E-state index contributed by atoms with van der Waals surface area (Å²) >= 11 is 1.42. The van der Waals surface area contributed by atoms with Crippen LogP contribution in [0.1, 0.15) is 6.42 Å². The molecule has 136 valence electrons. The first-order chi connectivity index (χ1) is 12.6. The van der Waals surface area contributed by atoms with Crippen LogP contribution >= 0.6 is 11.8 Å². The van der Waals surface area contributed by atoms with E-state index in [0.29, 0.717) is 12.3 Å². The topological polar surface area (TPSA) is 102 Å². The Hall–Kier alpha value is -2.87. The van der Waals surface area contributed by atoms with Gasteiger partial charge in [-0.3, -0.25) is 4.79 Å². The van der Waals surface area contributed by atoms with Gasteiger partial charge in [0.1, 0.15) is 0 Å². The molecule has 0 spiro atoms. The summed E-state index contributed by atoms with van der Waals surface area (Å²) in [5.74, 6) is -0.358. The van der Waals surface area contributed by atoms with E-state index in [0.717, 1.165) is 17.1 Å². The maximum absolute atomic E-state index is 11.9. The average Bonchev–Trinajstić information content (AvgIpc) is 2.97. The van der Waals surface area contributed by atoms with Crippen molar-refractivity contribution < 1.29 is 14.7 Å². The van der Waals surface area contributed by atoms with E-state index in [1.165, 1.54) is 11.8 Å². The Morgan fingerprint density at radius 2 is 1.62 bits per heavy atom. The molecular weight excluding hydrogens is 352 g/mol. The quantitative estimate of drug-likeness (QED) is 0.478. The van der Waals surface area contributed by atoms with Crippen molar-refractivity contribution in [3.05, 3.63) is 54.6 Å². The number of para-hydroxylation sites is 3. The van der Waals surface area contributed by atoms with Crippen LogP contribution in [0.2, 0.25) is 0 Å². The molecule has 7 nitrogen and oxygen atoms in total. The second kappa shape index (κ2) is 8.01. The second-order valence-electron chi connectivity index (χ2n) is 5.79. The zero-order valence-electron chi connectivity index (χ0n) is 14.0. The molecule has 0 fully saturated rings. The first kappa shape index (κ1) is 17.9. The highest BCUT2D eigenvalue weighted by molar-refractivity contribution is 8.00. The van der Waals surface area contributed by atoms with Crippen LogP contribution in [0.25, 0.3) is 0 Å². The van der Waals surface area contributed by atoms with Gasteiger partial charge < -0.3 is 26.4 Å². The van der Waals surface area contributed by atoms with Crippen molar-refractivity contribution in [1.29, 1.82) is 0 Å². The number of hydrogen-bond acceptors (Lipinski definition) is 5. The molecule has 1 aliphatic rings. The summed E-state index contributed by atoms with van der Waals surface area (Å²) in [5, 5.41) is 21.3. The smallest absolute Gasteiger partial charge is 0.319 e. The first-order valence-electron chi connectivity index (χ1n) is 8.17. The predicted octanol–water partition coefficient (Wildman–Crippen LogP) is 3.21. The third-order valence-electron chi connectivity index (χ3n) is 3.77. The van der Waals surface area contributed by atoms with Crippen LogP contribution in [0.5, 0.6) is 0 Å². The third-order valence-corrected chi connectivity index (χ3v) is 5.02. The minimum absolute atomic E-state index is 0.0947. The molecule has 3 rings (SSSR count). The summed E-state index contributed by atoms with van der Waals surface area (Å²) in [7, 11) is 0. The third kappa shape index (κ3) is 4.60. The summed E-state index contributed by atoms with van der Waals surface area (Å²) in [5.41, 5.74) is 2.46. The summed E-state index contributed by atoms with van der Waals surface area (Å²) in [6.07, 6.45) is -0.0947. The van der Waals surface area contributed by atoms with Gasteiger partial charge >= 0.3 is 12.0 Å². The molecule has 8 heteroatoms. The van der Waals surface area contributed by atoms with Crippen molar-refractivity contribution in [3.8, 4) is 0 Å². The van der Waals surface area contributed by atoms with Crippen LogP contribution < -0.4 is 21.3 Å². The maximum atomic E-state index is 11.9. The Bertz CT molecular complexity index is 760. The van der Waals surface area contributed by atoms with Gasteiger partial charge in [-0.05, 0) is 24.3 Å². The van der Waals surface area contributed by atoms with Gasteiger partial charge in [0.15, 0.2) is 4.99 Å². The molecule has 5 N–H and O–H groups in total. The van der Waals surface area contributed by atoms with E-state index < -0.39 is 11.0 Å². The monoisotopic (exact) mass is 372 g/mol. The van der Waals surface area contributed by atoms with Crippen LogP contribution in [0, 0.1) is 0 Å². The second-order valence-corrected chi connectivity index (χ2v) is 7.18. The Kier molecular flexibility index (Phi) is 5.52. The number of amides is 2. The van der Waals surface area contributed by atoms with Crippen molar-refractivity contribution in [3.63, 3.8) is 0 Å². The Morgan fingerprint density at radius 3 is 2.23 bits per heavy atom. The van der Waals surface area contributed by atoms with E-state index in [2.05, 4.69) is 21.3 Å². The number of rotatable bonds is 7. The molecule has 0 atom stereocenters. The molecule has 0 aromatic heterocycles. The maximum Gasteiger partial charge on any atom is 0.319 e. The fourth-order valence-corrected chi connectivity index (χ4v) is 3.82. The largest absolute Gasteiger partial charge is 0.481 e. The highest BCUT2D eigenvalue weighted by Crippen LogP contribution is 2.41. The highest BCUT2D eigenvalue weighted by Gasteiger charge is 2.38. The number of carboxylic acid groups (broad SMARTS) is 1. The van der Waals surface area contributed by atoms with Crippen LogP contribution in [-0.4, -0.2) is 34.4 Å². The number of carboxylic acids is 1. The molecule has 0 bridgehead atoms. The van der Waals surface area contributed by atoms with Crippen LogP contribution in [0.3, 0.4) is 0 Å². The fourth-order valence-electron chi connectivity index (χ4n) is 2.68. The number of carbonyl (C=O) groups is 2. The molecule has 26 heavy (non-hydrogen) atoms. The molecule has 0 aliphatic carbocycles. The van der Waals surface area contributed by atoms with Crippen molar-refractivity contribution in [2.45, 2.75) is 11.4 Å². The first-order valence-corrected chi connectivity index (χ1v) is 9.16. The minimum atomic E-state index is -0.903. The lowest BCUT2D eigenvalue weighted by atomic mass is 10.3. The number of fused-ring (bicyclic) bond motifs is 1. The van der Waals surface area contributed by atoms with Gasteiger partial charge in [0.25, 0.3) is 0 Å². The van der Waals surface area contributed by atoms with E-state index in [4.69, 9.17) is 0 Å². The van der Waals surface area contributed by atoms with E-state index in [1.54, 1.807) is 12.1 Å². The number of urea groups is 1. The van der Waals surface area contributed by atoms with E-state index in [1.807, 2.05) is 42.5 Å². The normalized spacial score (nSPS) is 13.8. The summed E-state index contributed by atoms with van der Waals surface area (Å²) in [4.78, 5) is 22.3. The van der Waals surface area contributed by atoms with Gasteiger partial charge in [-0.2, -0.15) is 0 Å². The molecule has 0 unspecified atom stereocenters. The van der Waals surface area contributed by atoms with Gasteiger partial charge in [0, 0.05) is 18.0 Å². The highest BCUT2D eigenvalue weighted by atomic mass is 32.2. The van der Waals surface area contributed by atoms with E-state index in [9.17, 15) is 14.7 Å². The molecular formula is C18H20N4O3S. The van der Waals surface area contributed by atoms with Crippen LogP contribution in [0.4, 0.5) is 21.9 Å². The molecule has 2 amide bonds. The number of nitrogens with one attached hydrogen (secondary N) is 4. The van der Waals surface area contributed by atoms with Gasteiger partial charge in [-0.25, -0.2) is 4.79 Å². The van der Waals surface area contributed by atoms with Gasteiger partial charge in [-0.1, -0.05) is 30.3 Å². The summed E-state index contributed by atoms with van der Waals surface area (Å²) in [6, 6.07) is 16.5. The van der Waals surface area contributed by atoms with Crippen molar-refractivity contribution in [2.24, 2.45) is 0 Å². The van der Waals surface area contributed by atoms with Crippen molar-refractivity contribution >= 4 is 40.8 Å². The fraction of sp³-hybridized carbons (Fsp3) is 0.222. The lowest BCUT2D eigenvalue weighted by Crippen LogP contribution is -2.42. The number of thioether (sulfide) groups is 1. The molecule has 2 aromatic carbocycles. The summed E-state index contributed by atoms with van der Waals surface area (Å²) < 4.78 is 0. The Balaban J connectivity index is 1.50. The lowest BCUT2D eigenvalue weighted by Gasteiger charge is -2.28. The van der Waals surface area contributed by atoms with E-state index in [-0.39, 0.29) is 12.5 Å². The Morgan fingerprint density at radius 1 is 1.00 bits per heavy atom. The number of aliphatic carboxylic acids is 1. The summed E-state index contributed by atoms with van der Waals surface area (Å²) in [6.45, 7) is 0.407. The van der Waals surface area contributed by atoms with Crippen LogP contribution in [-0.2, 0) is 4.79 Å². The average molecular weight is 372 g/mol. The van der Waals surface area contributed by atoms with Gasteiger partial charge in [0.2, 0.25) is 0 Å². The molecule has 0 saturated heterocycles. The number of hydrogen-bond donors (Lipinski definition) is 5. The van der Waals surface area contributed by atoms with Crippen LogP contribution in [0.15, 0.2) is 54.6 Å². The zero-order valence-corrected chi connectivity index (χ0v) is 14.8. The zero-order chi connectivity index (χ0) is 18.4. The minimum Gasteiger partial charge on any atom is -0.481 e. The molecule has 0 radical (unpaired) electrons. The SMILES string of the molecule is O=C(O)CC1(SCCNC(=O)Nc2ccccc2)Nc2ccccc2N1.